The molecule has 0 aliphatic heterocycles. The number of carboxylic acids is 1. The summed E-state index contributed by atoms with van der Waals surface area (Å²) in [5.41, 5.74) is 0.124. The minimum Gasteiger partial charge on any atom is -0.481 e. The van der Waals surface area contributed by atoms with Crippen molar-refractivity contribution < 1.29 is 9.90 Å². The molecule has 1 saturated carbocycles. The van der Waals surface area contributed by atoms with Gasteiger partial charge in [-0.1, -0.05) is 27.7 Å². The SMILES string of the molecule is CC1CCC(NCCC(C)(C)CCC(=O)O)CC1C. The Hall–Kier alpha value is -0.570. The fourth-order valence-electron chi connectivity index (χ4n) is 2.92. The molecular weight excluding hydrogens is 238 g/mol. The molecular formula is C16H31NO2. The van der Waals surface area contributed by atoms with E-state index in [0.29, 0.717) is 6.04 Å². The van der Waals surface area contributed by atoms with Crippen molar-refractivity contribution in [3.05, 3.63) is 0 Å². The summed E-state index contributed by atoms with van der Waals surface area (Å²) in [6, 6.07) is 0.668. The van der Waals surface area contributed by atoms with Gasteiger partial charge in [-0.05, 0) is 55.9 Å². The zero-order valence-corrected chi connectivity index (χ0v) is 13.0. The van der Waals surface area contributed by atoms with Crippen molar-refractivity contribution in [2.75, 3.05) is 6.54 Å². The Balaban J connectivity index is 2.20. The molecule has 0 aromatic rings. The molecule has 1 rings (SSSR count). The highest BCUT2D eigenvalue weighted by molar-refractivity contribution is 5.66. The molecule has 3 unspecified atom stereocenters. The fourth-order valence-corrected chi connectivity index (χ4v) is 2.92. The highest BCUT2D eigenvalue weighted by Gasteiger charge is 2.25. The molecule has 0 aromatic heterocycles. The summed E-state index contributed by atoms with van der Waals surface area (Å²) < 4.78 is 0. The Kier molecular flexibility index (Phi) is 6.31. The second kappa shape index (κ2) is 7.28. The summed E-state index contributed by atoms with van der Waals surface area (Å²) in [6.07, 6.45) is 6.02. The molecule has 3 heteroatoms. The van der Waals surface area contributed by atoms with E-state index in [1.165, 1.54) is 19.3 Å². The first kappa shape index (κ1) is 16.5. The van der Waals surface area contributed by atoms with Gasteiger partial charge in [0.2, 0.25) is 0 Å². The van der Waals surface area contributed by atoms with Crippen molar-refractivity contribution in [1.29, 1.82) is 0 Å². The van der Waals surface area contributed by atoms with Crippen molar-refractivity contribution in [2.45, 2.75) is 72.3 Å². The van der Waals surface area contributed by atoms with Crippen LogP contribution in [0.25, 0.3) is 0 Å². The first-order valence-electron chi connectivity index (χ1n) is 7.75. The number of nitrogens with one attached hydrogen (secondary N) is 1. The standard InChI is InChI=1S/C16H31NO2/c1-12-5-6-14(11-13(12)2)17-10-9-16(3,4)8-7-15(18)19/h12-14,17H,5-11H2,1-4H3,(H,18,19). The average Bonchev–Trinajstić information content (AvgIpc) is 2.31. The van der Waals surface area contributed by atoms with Gasteiger partial charge < -0.3 is 10.4 Å². The summed E-state index contributed by atoms with van der Waals surface area (Å²) in [4.78, 5) is 10.6. The van der Waals surface area contributed by atoms with Crippen LogP contribution in [0.15, 0.2) is 0 Å². The summed E-state index contributed by atoms with van der Waals surface area (Å²) in [6.45, 7) is 10.1. The van der Waals surface area contributed by atoms with Crippen LogP contribution in [0.1, 0.15) is 66.2 Å². The number of aliphatic carboxylic acids is 1. The lowest BCUT2D eigenvalue weighted by molar-refractivity contribution is -0.137. The van der Waals surface area contributed by atoms with Gasteiger partial charge in [-0.15, -0.1) is 0 Å². The molecule has 1 aliphatic carbocycles. The molecule has 0 heterocycles. The van der Waals surface area contributed by atoms with Crippen LogP contribution < -0.4 is 5.32 Å². The maximum Gasteiger partial charge on any atom is 0.303 e. The number of hydrogen-bond donors (Lipinski definition) is 2. The van der Waals surface area contributed by atoms with Gasteiger partial charge >= 0.3 is 5.97 Å². The van der Waals surface area contributed by atoms with E-state index >= 15 is 0 Å². The number of carboxylic acid groups (broad SMARTS) is 1. The van der Waals surface area contributed by atoms with Crippen LogP contribution in [0, 0.1) is 17.3 Å². The van der Waals surface area contributed by atoms with E-state index in [1.54, 1.807) is 0 Å². The normalized spacial score (nSPS) is 28.3. The lowest BCUT2D eigenvalue weighted by Gasteiger charge is -2.33. The third-order valence-electron chi connectivity index (χ3n) is 4.85. The van der Waals surface area contributed by atoms with Crippen LogP contribution in [0.5, 0.6) is 0 Å². The molecule has 0 saturated heterocycles. The zero-order valence-electron chi connectivity index (χ0n) is 13.0. The summed E-state index contributed by atoms with van der Waals surface area (Å²) in [5.74, 6) is 1.01. The lowest BCUT2D eigenvalue weighted by atomic mass is 9.79. The van der Waals surface area contributed by atoms with Gasteiger partial charge in [-0.25, -0.2) is 0 Å². The van der Waals surface area contributed by atoms with Gasteiger partial charge in [0.25, 0.3) is 0 Å². The largest absolute Gasteiger partial charge is 0.481 e. The molecule has 112 valence electrons. The van der Waals surface area contributed by atoms with E-state index in [1.807, 2.05) is 0 Å². The number of hydrogen-bond acceptors (Lipinski definition) is 2. The van der Waals surface area contributed by atoms with Crippen molar-refractivity contribution >= 4 is 5.97 Å². The predicted molar refractivity (Wildman–Crippen MR) is 79.2 cm³/mol. The van der Waals surface area contributed by atoms with Crippen molar-refractivity contribution in [2.24, 2.45) is 17.3 Å². The topological polar surface area (TPSA) is 49.3 Å². The van der Waals surface area contributed by atoms with Crippen molar-refractivity contribution in [3.63, 3.8) is 0 Å². The van der Waals surface area contributed by atoms with Crippen molar-refractivity contribution in [1.82, 2.24) is 5.32 Å². The quantitative estimate of drug-likeness (QED) is 0.741. The van der Waals surface area contributed by atoms with Gasteiger partial charge in [0.05, 0.1) is 0 Å². The smallest absolute Gasteiger partial charge is 0.303 e. The van der Waals surface area contributed by atoms with Gasteiger partial charge in [-0.2, -0.15) is 0 Å². The molecule has 0 spiro atoms. The minimum absolute atomic E-state index is 0.124. The van der Waals surface area contributed by atoms with Crippen LogP contribution in [-0.4, -0.2) is 23.7 Å². The Morgan fingerprint density at radius 3 is 2.47 bits per heavy atom. The van der Waals surface area contributed by atoms with Gasteiger partial charge in [0.15, 0.2) is 0 Å². The second-order valence-electron chi connectivity index (χ2n) is 7.23. The summed E-state index contributed by atoms with van der Waals surface area (Å²) in [7, 11) is 0. The van der Waals surface area contributed by atoms with E-state index in [4.69, 9.17) is 5.11 Å². The molecule has 3 atom stereocenters. The molecule has 1 fully saturated rings. The predicted octanol–water partition coefficient (Wildman–Crippen LogP) is 3.68. The van der Waals surface area contributed by atoms with Gasteiger partial charge in [0.1, 0.15) is 0 Å². The van der Waals surface area contributed by atoms with Crippen LogP contribution in [0.3, 0.4) is 0 Å². The van der Waals surface area contributed by atoms with Gasteiger partial charge in [0, 0.05) is 12.5 Å². The Bertz CT molecular complexity index is 288. The number of rotatable bonds is 7. The highest BCUT2D eigenvalue weighted by atomic mass is 16.4. The molecule has 0 bridgehead atoms. The van der Waals surface area contributed by atoms with E-state index < -0.39 is 5.97 Å². The van der Waals surface area contributed by atoms with Crippen LogP contribution in [0.4, 0.5) is 0 Å². The van der Waals surface area contributed by atoms with Crippen LogP contribution in [-0.2, 0) is 4.79 Å². The zero-order chi connectivity index (χ0) is 14.5. The van der Waals surface area contributed by atoms with E-state index in [0.717, 1.165) is 31.2 Å². The molecule has 0 aromatic carbocycles. The molecule has 1 aliphatic rings. The molecule has 19 heavy (non-hydrogen) atoms. The minimum atomic E-state index is -0.684. The van der Waals surface area contributed by atoms with Gasteiger partial charge in [-0.3, -0.25) is 4.79 Å². The Morgan fingerprint density at radius 1 is 1.21 bits per heavy atom. The second-order valence-corrected chi connectivity index (χ2v) is 7.23. The average molecular weight is 269 g/mol. The first-order chi connectivity index (χ1) is 8.80. The first-order valence-corrected chi connectivity index (χ1v) is 7.75. The Labute approximate surface area is 118 Å². The van der Waals surface area contributed by atoms with Crippen LogP contribution >= 0.6 is 0 Å². The fraction of sp³-hybridized carbons (Fsp3) is 0.938. The third kappa shape index (κ3) is 6.42. The van der Waals surface area contributed by atoms with E-state index in [2.05, 4.69) is 33.0 Å². The third-order valence-corrected chi connectivity index (χ3v) is 4.85. The molecule has 0 amide bonds. The summed E-state index contributed by atoms with van der Waals surface area (Å²) >= 11 is 0. The maximum atomic E-state index is 10.6. The molecule has 0 radical (unpaired) electrons. The lowest BCUT2D eigenvalue weighted by Crippen LogP contribution is -2.37. The monoisotopic (exact) mass is 269 g/mol. The maximum absolute atomic E-state index is 10.6. The number of carbonyl (C=O) groups is 1. The summed E-state index contributed by atoms with van der Waals surface area (Å²) in [5, 5.41) is 12.4. The van der Waals surface area contributed by atoms with E-state index in [-0.39, 0.29) is 11.8 Å². The molecule has 2 N–H and O–H groups in total. The molecule has 3 nitrogen and oxygen atoms in total. The van der Waals surface area contributed by atoms with E-state index in [9.17, 15) is 4.79 Å². The Morgan fingerprint density at radius 2 is 1.89 bits per heavy atom. The highest BCUT2D eigenvalue weighted by Crippen LogP contribution is 2.30. The van der Waals surface area contributed by atoms with Crippen molar-refractivity contribution in [3.8, 4) is 0 Å². The van der Waals surface area contributed by atoms with Crippen LogP contribution in [0.2, 0.25) is 0 Å².